The van der Waals surface area contributed by atoms with E-state index in [1.54, 1.807) is 34.8 Å². The van der Waals surface area contributed by atoms with E-state index in [0.29, 0.717) is 37.0 Å². The number of hydrogen-bond donors (Lipinski definition) is 1. The van der Waals surface area contributed by atoms with E-state index in [4.69, 9.17) is 14.7 Å². The molecule has 174 valence electrons. The number of carbonyl (C=O) groups excluding carboxylic acids is 1. The minimum absolute atomic E-state index is 0.00348. The number of thioether (sulfide) groups is 1. The summed E-state index contributed by atoms with van der Waals surface area (Å²) in [6.45, 7) is 5.78. The molecule has 0 spiro atoms. The summed E-state index contributed by atoms with van der Waals surface area (Å²) in [7, 11) is 0. The second-order valence-corrected chi connectivity index (χ2v) is 8.65. The zero-order valence-corrected chi connectivity index (χ0v) is 19.1. The number of amides is 1. The smallest absolute Gasteiger partial charge is 0.269 e. The number of nitro groups is 1. The van der Waals surface area contributed by atoms with Crippen molar-refractivity contribution in [1.82, 2.24) is 25.1 Å². The number of nitrogens with one attached hydrogen (secondary N) is 1. The van der Waals surface area contributed by atoms with Crippen LogP contribution >= 0.6 is 11.8 Å². The molecule has 3 heterocycles. The van der Waals surface area contributed by atoms with Crippen molar-refractivity contribution in [2.45, 2.75) is 25.0 Å². The minimum atomic E-state index is -0.462. The molecule has 0 bridgehead atoms. The number of rotatable bonds is 9. The first kappa shape index (κ1) is 22.9. The fourth-order valence-electron chi connectivity index (χ4n) is 3.58. The van der Waals surface area contributed by atoms with E-state index in [0.717, 1.165) is 35.7 Å². The molecule has 0 saturated carbocycles. The number of benzene rings is 1. The largest absolute Gasteiger partial charge is 0.378 e. The van der Waals surface area contributed by atoms with Crippen LogP contribution in [0.15, 0.2) is 35.6 Å². The van der Waals surface area contributed by atoms with Crippen molar-refractivity contribution in [1.29, 1.82) is 0 Å². The molecule has 3 aromatic rings. The number of nitrogens with zero attached hydrogens (tertiary/aromatic N) is 6. The Kier molecular flexibility index (Phi) is 7.35. The van der Waals surface area contributed by atoms with Crippen LogP contribution in [-0.4, -0.2) is 69.2 Å². The van der Waals surface area contributed by atoms with Gasteiger partial charge in [0.25, 0.3) is 5.69 Å². The van der Waals surface area contributed by atoms with E-state index in [9.17, 15) is 14.9 Å². The Labute approximate surface area is 194 Å². The summed E-state index contributed by atoms with van der Waals surface area (Å²) in [6.07, 6.45) is 1.93. The first-order valence-electron chi connectivity index (χ1n) is 10.7. The minimum Gasteiger partial charge on any atom is -0.378 e. The predicted octanol–water partition coefficient (Wildman–Crippen LogP) is 2.04. The second-order valence-electron chi connectivity index (χ2n) is 7.42. The zero-order valence-electron chi connectivity index (χ0n) is 18.3. The van der Waals surface area contributed by atoms with Gasteiger partial charge in [0.05, 0.1) is 42.7 Å². The molecule has 33 heavy (non-hydrogen) atoms. The number of nitro benzene ring substituents is 1. The molecule has 12 heteroatoms. The molecule has 1 aliphatic heterocycles. The van der Waals surface area contributed by atoms with Crippen LogP contribution < -0.4 is 10.2 Å². The summed E-state index contributed by atoms with van der Waals surface area (Å²) in [5, 5.41) is 19.7. The van der Waals surface area contributed by atoms with Gasteiger partial charge in [-0.25, -0.2) is 14.6 Å². The average molecular weight is 472 g/mol. The number of fused-ring (bicyclic) bond motifs is 1. The van der Waals surface area contributed by atoms with Crippen molar-refractivity contribution in [3.63, 3.8) is 0 Å². The van der Waals surface area contributed by atoms with Crippen molar-refractivity contribution in [3.05, 3.63) is 46.1 Å². The van der Waals surface area contributed by atoms with Crippen LogP contribution in [0.2, 0.25) is 0 Å². The first-order valence-corrected chi connectivity index (χ1v) is 11.7. The van der Waals surface area contributed by atoms with Crippen molar-refractivity contribution in [3.8, 4) is 0 Å². The molecule has 1 amide bonds. The van der Waals surface area contributed by atoms with Gasteiger partial charge in [-0.05, 0) is 11.3 Å². The van der Waals surface area contributed by atoms with E-state index in [1.165, 1.54) is 12.1 Å². The molecule has 1 N–H and O–H groups in total. The third-order valence-corrected chi connectivity index (χ3v) is 5.93. The van der Waals surface area contributed by atoms with E-state index in [2.05, 4.69) is 22.2 Å². The van der Waals surface area contributed by atoms with Gasteiger partial charge in [-0.3, -0.25) is 14.9 Å². The lowest BCUT2D eigenvalue weighted by Gasteiger charge is -2.28. The summed E-state index contributed by atoms with van der Waals surface area (Å²) in [5.41, 5.74) is 1.46. The lowest BCUT2D eigenvalue weighted by molar-refractivity contribution is -0.384. The number of anilines is 1. The van der Waals surface area contributed by atoms with Crippen molar-refractivity contribution in [2.75, 3.05) is 43.5 Å². The van der Waals surface area contributed by atoms with Crippen LogP contribution in [0.3, 0.4) is 0 Å². The van der Waals surface area contributed by atoms with Gasteiger partial charge in [0.1, 0.15) is 5.82 Å². The first-order chi connectivity index (χ1) is 16.0. The zero-order chi connectivity index (χ0) is 23.2. The molecule has 0 aliphatic carbocycles. The highest BCUT2D eigenvalue weighted by Crippen LogP contribution is 2.27. The maximum atomic E-state index is 12.3. The van der Waals surface area contributed by atoms with Crippen LogP contribution in [0.5, 0.6) is 0 Å². The number of non-ortho nitro benzene ring substituents is 1. The van der Waals surface area contributed by atoms with Crippen LogP contribution in [0, 0.1) is 10.1 Å². The molecule has 1 aromatic carbocycles. The molecular weight excluding hydrogens is 446 g/mol. The lowest BCUT2D eigenvalue weighted by atomic mass is 10.1. The summed E-state index contributed by atoms with van der Waals surface area (Å²) >= 11 is 1.58. The summed E-state index contributed by atoms with van der Waals surface area (Å²) in [5.74, 6) is 1.57. The van der Waals surface area contributed by atoms with Crippen molar-refractivity contribution >= 4 is 40.2 Å². The van der Waals surface area contributed by atoms with Gasteiger partial charge in [0, 0.05) is 31.8 Å². The van der Waals surface area contributed by atoms with Crippen LogP contribution in [0.25, 0.3) is 11.0 Å². The maximum Gasteiger partial charge on any atom is 0.269 e. The highest BCUT2D eigenvalue weighted by atomic mass is 32.2. The molecule has 1 aliphatic rings. The highest BCUT2D eigenvalue weighted by Gasteiger charge is 2.20. The van der Waals surface area contributed by atoms with Gasteiger partial charge < -0.3 is 15.0 Å². The molecule has 0 radical (unpaired) electrons. The fraction of sp³-hybridized carbons (Fsp3) is 0.429. The molecule has 1 fully saturated rings. The fourth-order valence-corrected chi connectivity index (χ4v) is 4.14. The Morgan fingerprint density at radius 1 is 1.24 bits per heavy atom. The molecule has 1 saturated heterocycles. The lowest BCUT2D eigenvalue weighted by Crippen LogP contribution is -2.37. The monoisotopic (exact) mass is 471 g/mol. The predicted molar refractivity (Wildman–Crippen MR) is 125 cm³/mol. The normalized spacial score (nSPS) is 13.9. The number of morpholine rings is 1. The molecule has 0 atom stereocenters. The molecule has 4 rings (SSSR count). The van der Waals surface area contributed by atoms with E-state index < -0.39 is 4.92 Å². The molecule has 2 aromatic heterocycles. The number of carbonyl (C=O) groups is 1. The van der Waals surface area contributed by atoms with Crippen molar-refractivity contribution < 1.29 is 14.5 Å². The number of ether oxygens (including phenoxy) is 1. The SMILES string of the molecule is CCSc1nc(N2CCOCC2)c2cnn(CCNC(=O)Cc3ccc([N+](=O)[O-])cc3)c2n1. The topological polar surface area (TPSA) is 128 Å². The Balaban J connectivity index is 1.42. The highest BCUT2D eigenvalue weighted by molar-refractivity contribution is 7.99. The van der Waals surface area contributed by atoms with Crippen molar-refractivity contribution in [2.24, 2.45) is 0 Å². The Hall–Kier alpha value is -3.25. The summed E-state index contributed by atoms with van der Waals surface area (Å²) < 4.78 is 7.25. The summed E-state index contributed by atoms with van der Waals surface area (Å²) in [6, 6.07) is 5.98. The standard InChI is InChI=1S/C21H25N7O4S/c1-2-33-21-24-19(26-9-11-32-12-10-26)17-14-23-27(20(17)25-21)8-7-22-18(29)13-15-3-5-16(6-4-15)28(30)31/h3-6,14H,2,7-13H2,1H3,(H,22,29). The molecule has 11 nitrogen and oxygen atoms in total. The quantitative estimate of drug-likeness (QED) is 0.216. The number of aromatic nitrogens is 4. The third kappa shape index (κ3) is 5.57. The van der Waals surface area contributed by atoms with Gasteiger partial charge in [-0.15, -0.1) is 0 Å². The molecule has 0 unspecified atom stereocenters. The van der Waals surface area contributed by atoms with Gasteiger partial charge in [0.2, 0.25) is 5.91 Å². The van der Waals surface area contributed by atoms with Gasteiger partial charge >= 0.3 is 0 Å². The van der Waals surface area contributed by atoms with Crippen LogP contribution in [0.4, 0.5) is 11.5 Å². The van der Waals surface area contributed by atoms with E-state index in [1.807, 2.05) is 0 Å². The van der Waals surface area contributed by atoms with E-state index in [-0.39, 0.29) is 18.0 Å². The second kappa shape index (κ2) is 10.6. The maximum absolute atomic E-state index is 12.3. The summed E-state index contributed by atoms with van der Waals surface area (Å²) in [4.78, 5) is 34.2. The third-order valence-electron chi connectivity index (χ3n) is 5.20. The van der Waals surface area contributed by atoms with Gasteiger partial charge in [-0.1, -0.05) is 30.8 Å². The Morgan fingerprint density at radius 2 is 2.00 bits per heavy atom. The average Bonchev–Trinajstić information content (AvgIpc) is 3.22. The Morgan fingerprint density at radius 3 is 2.70 bits per heavy atom. The van der Waals surface area contributed by atoms with Gasteiger partial charge in [0.15, 0.2) is 10.8 Å². The van der Waals surface area contributed by atoms with Crippen LogP contribution in [0.1, 0.15) is 12.5 Å². The molecular formula is C21H25N7O4S. The Bertz CT molecular complexity index is 1130. The number of hydrogen-bond acceptors (Lipinski definition) is 9. The van der Waals surface area contributed by atoms with Gasteiger partial charge in [-0.2, -0.15) is 5.10 Å². The van der Waals surface area contributed by atoms with Crippen LogP contribution in [-0.2, 0) is 22.5 Å². The van der Waals surface area contributed by atoms with E-state index >= 15 is 0 Å².